The third kappa shape index (κ3) is 4.53. The summed E-state index contributed by atoms with van der Waals surface area (Å²) in [5.74, 6) is 0.207. The third-order valence-electron chi connectivity index (χ3n) is 2.02. The fraction of sp³-hybridized carbons (Fsp3) is 0.417. The van der Waals surface area contributed by atoms with Gasteiger partial charge in [0.05, 0.1) is 6.61 Å². The SMILES string of the molecule is CCOC(=O)C(C)(C)Oc1ccc(N)cc1.Cl. The number of benzene rings is 1. The number of carbonyl (C=O) groups is 1. The summed E-state index contributed by atoms with van der Waals surface area (Å²) in [7, 11) is 0. The smallest absolute Gasteiger partial charge is 0.349 e. The molecule has 0 unspecified atom stereocenters. The minimum atomic E-state index is -0.994. The molecule has 0 atom stereocenters. The molecule has 0 amide bonds. The van der Waals surface area contributed by atoms with Crippen LogP contribution < -0.4 is 10.5 Å². The summed E-state index contributed by atoms with van der Waals surface area (Å²) >= 11 is 0. The predicted octanol–water partition coefficient (Wildman–Crippen LogP) is 2.41. The zero-order chi connectivity index (χ0) is 12.2. The molecule has 0 aliphatic heterocycles. The lowest BCUT2D eigenvalue weighted by atomic mass is 10.1. The number of esters is 1. The third-order valence-corrected chi connectivity index (χ3v) is 2.02. The van der Waals surface area contributed by atoms with Crippen molar-refractivity contribution in [3.05, 3.63) is 24.3 Å². The van der Waals surface area contributed by atoms with Crippen LogP contribution in [0.4, 0.5) is 5.69 Å². The van der Waals surface area contributed by atoms with Gasteiger partial charge in [0, 0.05) is 5.69 Å². The second kappa shape index (κ2) is 6.35. The van der Waals surface area contributed by atoms with Gasteiger partial charge in [-0.25, -0.2) is 4.79 Å². The molecule has 1 aromatic rings. The van der Waals surface area contributed by atoms with Crippen LogP contribution >= 0.6 is 12.4 Å². The monoisotopic (exact) mass is 259 g/mol. The van der Waals surface area contributed by atoms with Crippen molar-refractivity contribution in [2.24, 2.45) is 0 Å². The Hall–Kier alpha value is -1.42. The molecule has 2 N–H and O–H groups in total. The predicted molar refractivity (Wildman–Crippen MR) is 69.4 cm³/mol. The van der Waals surface area contributed by atoms with Crippen molar-refractivity contribution in [3.63, 3.8) is 0 Å². The van der Waals surface area contributed by atoms with E-state index < -0.39 is 5.60 Å². The zero-order valence-corrected chi connectivity index (χ0v) is 11.0. The van der Waals surface area contributed by atoms with Crippen molar-refractivity contribution in [1.29, 1.82) is 0 Å². The van der Waals surface area contributed by atoms with Crippen LogP contribution in [0.15, 0.2) is 24.3 Å². The normalized spacial score (nSPS) is 10.3. The van der Waals surface area contributed by atoms with Crippen LogP contribution in [0.3, 0.4) is 0 Å². The molecule has 0 radical (unpaired) electrons. The summed E-state index contributed by atoms with van der Waals surface area (Å²) in [5, 5.41) is 0. The van der Waals surface area contributed by atoms with E-state index in [0.29, 0.717) is 18.0 Å². The second-order valence-corrected chi connectivity index (χ2v) is 3.90. The highest BCUT2D eigenvalue weighted by molar-refractivity contribution is 5.85. The van der Waals surface area contributed by atoms with Crippen molar-refractivity contribution >= 4 is 24.1 Å². The number of nitrogens with two attached hydrogens (primary N) is 1. The van der Waals surface area contributed by atoms with E-state index in [1.165, 1.54) is 0 Å². The van der Waals surface area contributed by atoms with Gasteiger partial charge in [0.25, 0.3) is 0 Å². The van der Waals surface area contributed by atoms with Crippen molar-refractivity contribution in [2.45, 2.75) is 26.4 Å². The first-order valence-electron chi connectivity index (χ1n) is 5.17. The van der Waals surface area contributed by atoms with Crippen LogP contribution in [-0.4, -0.2) is 18.2 Å². The van der Waals surface area contributed by atoms with Gasteiger partial charge in [0.15, 0.2) is 5.60 Å². The highest BCUT2D eigenvalue weighted by Gasteiger charge is 2.31. The average Bonchev–Trinajstić information content (AvgIpc) is 2.21. The summed E-state index contributed by atoms with van der Waals surface area (Å²) in [5.41, 5.74) is 5.21. The number of ether oxygens (including phenoxy) is 2. The number of carbonyl (C=O) groups excluding carboxylic acids is 1. The lowest BCUT2D eigenvalue weighted by Gasteiger charge is -2.24. The molecule has 96 valence electrons. The van der Waals surface area contributed by atoms with Crippen LogP contribution in [0, 0.1) is 0 Å². The standard InChI is InChI=1S/C12H17NO3.ClH/c1-4-15-11(14)12(2,3)16-10-7-5-9(13)6-8-10;/h5-8H,4,13H2,1-3H3;1H. The summed E-state index contributed by atoms with van der Waals surface area (Å²) < 4.78 is 10.5. The Bertz CT molecular complexity index is 363. The second-order valence-electron chi connectivity index (χ2n) is 3.90. The topological polar surface area (TPSA) is 61.5 Å². The van der Waals surface area contributed by atoms with E-state index in [2.05, 4.69) is 0 Å². The van der Waals surface area contributed by atoms with Crippen molar-refractivity contribution < 1.29 is 14.3 Å². The van der Waals surface area contributed by atoms with Crippen LogP contribution in [0.5, 0.6) is 5.75 Å². The van der Waals surface area contributed by atoms with Gasteiger partial charge in [0.1, 0.15) is 5.75 Å². The van der Waals surface area contributed by atoms with Crippen molar-refractivity contribution in [2.75, 3.05) is 12.3 Å². The Labute approximate surface area is 108 Å². The Morgan fingerprint density at radius 3 is 2.29 bits per heavy atom. The number of hydrogen-bond donors (Lipinski definition) is 1. The molecule has 0 saturated heterocycles. The van der Waals surface area contributed by atoms with Gasteiger partial charge in [0.2, 0.25) is 0 Å². The van der Waals surface area contributed by atoms with Crippen LogP contribution in [0.1, 0.15) is 20.8 Å². The minimum absolute atomic E-state index is 0. The first kappa shape index (κ1) is 15.6. The highest BCUT2D eigenvalue weighted by atomic mass is 35.5. The van der Waals surface area contributed by atoms with E-state index in [1.807, 2.05) is 0 Å². The summed E-state index contributed by atoms with van der Waals surface area (Å²) in [6.45, 7) is 5.44. The van der Waals surface area contributed by atoms with Gasteiger partial charge >= 0.3 is 5.97 Å². The Morgan fingerprint density at radius 2 is 1.82 bits per heavy atom. The molecular formula is C12H18ClNO3. The van der Waals surface area contributed by atoms with Gasteiger partial charge < -0.3 is 15.2 Å². The molecule has 1 aromatic carbocycles. The Balaban J connectivity index is 0.00000256. The first-order valence-corrected chi connectivity index (χ1v) is 5.17. The number of hydrogen-bond acceptors (Lipinski definition) is 4. The number of nitrogen functional groups attached to an aromatic ring is 1. The molecule has 0 bridgehead atoms. The summed E-state index contributed by atoms with van der Waals surface area (Å²) in [6, 6.07) is 6.87. The summed E-state index contributed by atoms with van der Waals surface area (Å²) in [4.78, 5) is 11.6. The van der Waals surface area contributed by atoms with Gasteiger partial charge in [-0.15, -0.1) is 12.4 Å². The van der Waals surface area contributed by atoms with Crippen molar-refractivity contribution in [1.82, 2.24) is 0 Å². The largest absolute Gasteiger partial charge is 0.476 e. The molecule has 0 aliphatic carbocycles. The highest BCUT2D eigenvalue weighted by Crippen LogP contribution is 2.20. The number of anilines is 1. The van der Waals surface area contributed by atoms with E-state index in [9.17, 15) is 4.79 Å². The minimum Gasteiger partial charge on any atom is -0.476 e. The molecule has 17 heavy (non-hydrogen) atoms. The maximum atomic E-state index is 11.6. The van der Waals surface area contributed by atoms with E-state index in [0.717, 1.165) is 0 Å². The molecule has 0 aromatic heterocycles. The molecule has 0 fully saturated rings. The quantitative estimate of drug-likeness (QED) is 0.666. The maximum Gasteiger partial charge on any atom is 0.349 e. The Kier molecular flexibility index (Phi) is 5.82. The molecule has 1 rings (SSSR count). The van der Waals surface area contributed by atoms with E-state index in [1.54, 1.807) is 45.0 Å². The zero-order valence-electron chi connectivity index (χ0n) is 10.2. The van der Waals surface area contributed by atoms with Gasteiger partial charge in [-0.1, -0.05) is 0 Å². The fourth-order valence-electron chi connectivity index (χ4n) is 1.18. The first-order chi connectivity index (χ1) is 7.45. The number of halogens is 1. The average molecular weight is 260 g/mol. The van der Waals surface area contributed by atoms with Crippen LogP contribution in [0.2, 0.25) is 0 Å². The number of rotatable bonds is 4. The van der Waals surface area contributed by atoms with E-state index in [4.69, 9.17) is 15.2 Å². The molecule has 0 aliphatic rings. The lowest BCUT2D eigenvalue weighted by Crippen LogP contribution is -2.39. The summed E-state index contributed by atoms with van der Waals surface area (Å²) in [6.07, 6.45) is 0. The molecular weight excluding hydrogens is 242 g/mol. The maximum absolute atomic E-state index is 11.6. The molecule has 5 heteroatoms. The Morgan fingerprint density at radius 1 is 1.29 bits per heavy atom. The van der Waals surface area contributed by atoms with E-state index in [-0.39, 0.29) is 18.4 Å². The molecule has 0 spiro atoms. The van der Waals surface area contributed by atoms with E-state index >= 15 is 0 Å². The molecule has 4 nitrogen and oxygen atoms in total. The lowest BCUT2D eigenvalue weighted by molar-refractivity contribution is -0.158. The van der Waals surface area contributed by atoms with Crippen LogP contribution in [-0.2, 0) is 9.53 Å². The van der Waals surface area contributed by atoms with Crippen molar-refractivity contribution in [3.8, 4) is 5.75 Å². The molecule has 0 saturated carbocycles. The molecule has 0 heterocycles. The van der Waals surface area contributed by atoms with Gasteiger partial charge in [-0.05, 0) is 45.0 Å². The van der Waals surface area contributed by atoms with Gasteiger partial charge in [-0.2, -0.15) is 0 Å². The fourth-order valence-corrected chi connectivity index (χ4v) is 1.18. The van der Waals surface area contributed by atoms with Crippen LogP contribution in [0.25, 0.3) is 0 Å². The van der Waals surface area contributed by atoms with Gasteiger partial charge in [-0.3, -0.25) is 0 Å².